The molecule has 35 heavy (non-hydrogen) atoms. The molecule has 12 heteroatoms. The summed E-state index contributed by atoms with van der Waals surface area (Å²) in [6, 6.07) is 8.50. The van der Waals surface area contributed by atoms with Crippen LogP contribution in [0.2, 0.25) is 0 Å². The fraction of sp³-hybridized carbons (Fsp3) is 0.391. The highest BCUT2D eigenvalue weighted by atomic mass is 32.2. The van der Waals surface area contributed by atoms with Crippen LogP contribution in [-0.4, -0.2) is 48.3 Å². The largest absolute Gasteiger partial charge is 0.494 e. The van der Waals surface area contributed by atoms with Crippen molar-refractivity contribution in [2.45, 2.75) is 45.1 Å². The third-order valence-electron chi connectivity index (χ3n) is 5.36. The van der Waals surface area contributed by atoms with Crippen molar-refractivity contribution in [1.82, 2.24) is 8.87 Å². The molecular weight excluding hydrogens is 492 g/mol. The summed E-state index contributed by atoms with van der Waals surface area (Å²) in [5.41, 5.74) is 0.735. The molecule has 1 amide bonds. The van der Waals surface area contributed by atoms with Gasteiger partial charge in [0, 0.05) is 31.3 Å². The topological polar surface area (TPSA) is 124 Å². The molecule has 0 radical (unpaired) electrons. The Morgan fingerprint density at radius 1 is 1.14 bits per heavy atom. The summed E-state index contributed by atoms with van der Waals surface area (Å²) in [6.07, 6.45) is 1.41. The Kier molecular flexibility index (Phi) is 8.41. The molecule has 0 saturated heterocycles. The predicted octanol–water partition coefficient (Wildman–Crippen LogP) is 4.19. The molecule has 0 aliphatic carbocycles. The number of nitro benzene ring substituents is 1. The van der Waals surface area contributed by atoms with Gasteiger partial charge < -0.3 is 9.30 Å². The average molecular weight is 521 g/mol. The first-order valence-corrected chi connectivity index (χ1v) is 13.5. The maximum atomic E-state index is 13.0. The first-order chi connectivity index (χ1) is 16.7. The van der Waals surface area contributed by atoms with Crippen LogP contribution in [0.4, 0.5) is 5.69 Å². The van der Waals surface area contributed by atoms with E-state index in [0.717, 1.165) is 11.3 Å². The molecule has 0 atom stereocenters. The van der Waals surface area contributed by atoms with E-state index >= 15 is 0 Å². The van der Waals surface area contributed by atoms with Crippen LogP contribution in [0.5, 0.6) is 5.75 Å². The molecule has 0 spiro atoms. The second-order valence-corrected chi connectivity index (χ2v) is 10.7. The van der Waals surface area contributed by atoms with Gasteiger partial charge in [-0.3, -0.25) is 14.9 Å². The number of hydrogen-bond donors (Lipinski definition) is 0. The Morgan fingerprint density at radius 2 is 1.77 bits per heavy atom. The molecule has 3 aromatic rings. The van der Waals surface area contributed by atoms with Crippen molar-refractivity contribution in [2.24, 2.45) is 4.99 Å². The minimum absolute atomic E-state index is 0.117. The zero-order valence-corrected chi connectivity index (χ0v) is 21.7. The van der Waals surface area contributed by atoms with E-state index in [0.29, 0.717) is 53.2 Å². The lowest BCUT2D eigenvalue weighted by molar-refractivity contribution is -0.384. The summed E-state index contributed by atoms with van der Waals surface area (Å²) in [6.45, 7) is 7.03. The Hall–Kier alpha value is -3.09. The summed E-state index contributed by atoms with van der Waals surface area (Å²) < 4.78 is 35.0. The number of carbonyl (C=O) groups is 1. The first kappa shape index (κ1) is 26.5. The van der Waals surface area contributed by atoms with Gasteiger partial charge >= 0.3 is 0 Å². The third-order valence-corrected chi connectivity index (χ3v) is 8.29. The number of rotatable bonds is 10. The third kappa shape index (κ3) is 5.44. The molecule has 0 aliphatic rings. The molecule has 0 bridgehead atoms. The predicted molar refractivity (Wildman–Crippen MR) is 134 cm³/mol. The molecule has 188 valence electrons. The summed E-state index contributed by atoms with van der Waals surface area (Å²) in [5.74, 6) is -0.227. The van der Waals surface area contributed by atoms with Gasteiger partial charge in [0.15, 0.2) is 10.6 Å². The lowest BCUT2D eigenvalue weighted by atomic mass is 10.2. The Bertz CT molecular complexity index is 1400. The highest BCUT2D eigenvalue weighted by molar-refractivity contribution is 7.89. The minimum atomic E-state index is -3.65. The summed E-state index contributed by atoms with van der Waals surface area (Å²) in [7, 11) is -2.23. The van der Waals surface area contributed by atoms with Gasteiger partial charge in [-0.05, 0) is 44.0 Å². The molecule has 0 N–H and O–H groups in total. The van der Waals surface area contributed by atoms with Gasteiger partial charge in [-0.15, -0.1) is 0 Å². The second-order valence-electron chi connectivity index (χ2n) is 7.73. The van der Waals surface area contributed by atoms with E-state index in [9.17, 15) is 23.3 Å². The molecule has 0 fully saturated rings. The van der Waals surface area contributed by atoms with E-state index in [-0.39, 0.29) is 16.1 Å². The number of ether oxygens (including phenoxy) is 1. The van der Waals surface area contributed by atoms with Crippen LogP contribution in [0, 0.1) is 10.1 Å². The second kappa shape index (κ2) is 11.1. The normalized spacial score (nSPS) is 12.4. The molecule has 3 rings (SSSR count). The number of aryl methyl sites for hydroxylation is 1. The zero-order valence-electron chi connectivity index (χ0n) is 20.1. The number of hydrogen-bond acceptors (Lipinski definition) is 7. The van der Waals surface area contributed by atoms with Crippen molar-refractivity contribution in [1.29, 1.82) is 0 Å². The maximum Gasteiger partial charge on any atom is 0.279 e. The van der Waals surface area contributed by atoms with Gasteiger partial charge in [0.05, 0.1) is 27.7 Å². The molecular formula is C23H28N4O6S2. The number of carbonyl (C=O) groups excluding carboxylic acids is 1. The van der Waals surface area contributed by atoms with Crippen molar-refractivity contribution in [3.8, 4) is 5.75 Å². The Balaban J connectivity index is 2.01. The Labute approximate surface area is 207 Å². The summed E-state index contributed by atoms with van der Waals surface area (Å²) in [4.78, 5) is 28.4. The number of nitrogens with zero attached hydrogens (tertiary/aromatic N) is 4. The van der Waals surface area contributed by atoms with E-state index in [1.54, 1.807) is 4.57 Å². The summed E-state index contributed by atoms with van der Waals surface area (Å²) >= 11 is 1.14. The fourth-order valence-electron chi connectivity index (χ4n) is 3.72. The van der Waals surface area contributed by atoms with Crippen LogP contribution in [0.1, 0.15) is 44.0 Å². The number of benzene rings is 2. The SMILES string of the molecule is CCCN(CCC)S(=O)(=O)c1ccc(C(=O)N=c2sc3cc([N+](=O)[O-])cc(OC)c3n2CC)cc1. The van der Waals surface area contributed by atoms with E-state index in [2.05, 4.69) is 4.99 Å². The van der Waals surface area contributed by atoms with Crippen LogP contribution >= 0.6 is 11.3 Å². The molecule has 0 aliphatic heterocycles. The molecule has 0 unspecified atom stereocenters. The molecule has 1 aromatic heterocycles. The van der Waals surface area contributed by atoms with Crippen LogP contribution in [0.15, 0.2) is 46.3 Å². The maximum absolute atomic E-state index is 13.0. The number of aromatic nitrogens is 1. The number of thiazole rings is 1. The minimum Gasteiger partial charge on any atom is -0.494 e. The lowest BCUT2D eigenvalue weighted by Crippen LogP contribution is -2.32. The zero-order chi connectivity index (χ0) is 25.8. The van der Waals surface area contributed by atoms with E-state index in [1.807, 2.05) is 20.8 Å². The molecule has 10 nitrogen and oxygen atoms in total. The highest BCUT2D eigenvalue weighted by Gasteiger charge is 2.23. The van der Waals surface area contributed by atoms with Gasteiger partial charge in [-0.25, -0.2) is 8.42 Å². The molecule has 1 heterocycles. The monoisotopic (exact) mass is 520 g/mol. The van der Waals surface area contributed by atoms with Crippen molar-refractivity contribution in [2.75, 3.05) is 20.2 Å². The van der Waals surface area contributed by atoms with Crippen LogP contribution < -0.4 is 9.54 Å². The number of nitro groups is 1. The van der Waals surface area contributed by atoms with E-state index in [1.165, 1.54) is 47.8 Å². The quantitative estimate of drug-likeness (QED) is 0.292. The van der Waals surface area contributed by atoms with Crippen LogP contribution in [0.25, 0.3) is 10.2 Å². The number of non-ortho nitro benzene ring substituents is 1. The number of amides is 1. The standard InChI is InChI=1S/C23H28N4O6S2/c1-5-12-25(13-6-2)35(31,32)18-10-8-16(9-11-18)22(28)24-23-26(7-3)21-19(33-4)14-17(27(29)30)15-20(21)34-23/h8-11,14-15H,5-7,12-13H2,1-4H3. The van der Waals surface area contributed by atoms with Crippen molar-refractivity contribution < 1.29 is 22.9 Å². The lowest BCUT2D eigenvalue weighted by Gasteiger charge is -2.21. The van der Waals surface area contributed by atoms with Crippen LogP contribution in [0.3, 0.4) is 0 Å². The van der Waals surface area contributed by atoms with Crippen molar-refractivity contribution in [3.63, 3.8) is 0 Å². The first-order valence-electron chi connectivity index (χ1n) is 11.2. The van der Waals surface area contributed by atoms with Crippen molar-refractivity contribution >= 4 is 43.2 Å². The van der Waals surface area contributed by atoms with Gasteiger partial charge in [0.2, 0.25) is 10.0 Å². The van der Waals surface area contributed by atoms with E-state index in [4.69, 9.17) is 4.74 Å². The highest BCUT2D eigenvalue weighted by Crippen LogP contribution is 2.32. The smallest absolute Gasteiger partial charge is 0.279 e. The van der Waals surface area contributed by atoms with Crippen LogP contribution in [-0.2, 0) is 16.6 Å². The van der Waals surface area contributed by atoms with E-state index < -0.39 is 20.9 Å². The average Bonchev–Trinajstić information content (AvgIpc) is 3.20. The molecule has 0 saturated carbocycles. The number of fused-ring (bicyclic) bond motifs is 1. The van der Waals surface area contributed by atoms with Gasteiger partial charge in [-0.2, -0.15) is 9.30 Å². The fourth-order valence-corrected chi connectivity index (χ4v) is 6.49. The van der Waals surface area contributed by atoms with Gasteiger partial charge in [0.1, 0.15) is 5.52 Å². The van der Waals surface area contributed by atoms with Gasteiger partial charge in [0.25, 0.3) is 11.6 Å². The summed E-state index contributed by atoms with van der Waals surface area (Å²) in [5, 5.41) is 11.3. The molecule has 2 aromatic carbocycles. The van der Waals surface area contributed by atoms with Gasteiger partial charge in [-0.1, -0.05) is 25.2 Å². The van der Waals surface area contributed by atoms with Crippen molar-refractivity contribution in [3.05, 3.63) is 56.9 Å². The Morgan fingerprint density at radius 3 is 2.29 bits per heavy atom. The number of methoxy groups -OCH3 is 1. The number of sulfonamides is 1.